The van der Waals surface area contributed by atoms with Gasteiger partial charge in [-0.2, -0.15) is 0 Å². The van der Waals surface area contributed by atoms with Gasteiger partial charge in [0, 0.05) is 17.7 Å². The van der Waals surface area contributed by atoms with Crippen molar-refractivity contribution in [1.82, 2.24) is 0 Å². The zero-order valence-electron chi connectivity index (χ0n) is 10.9. The van der Waals surface area contributed by atoms with Crippen LogP contribution in [0.2, 0.25) is 0 Å². The fraction of sp³-hybridized carbons (Fsp3) is 0.200. The molecule has 0 bridgehead atoms. The first-order chi connectivity index (χ1) is 9.43. The second-order valence-electron chi connectivity index (χ2n) is 4.37. The summed E-state index contributed by atoms with van der Waals surface area (Å²) < 4.78 is 45.6. The number of benzene rings is 2. The molecule has 0 aliphatic rings. The Kier molecular flexibility index (Phi) is 4.38. The van der Waals surface area contributed by atoms with Gasteiger partial charge in [0.1, 0.15) is 23.2 Å². The molecule has 1 unspecified atom stereocenters. The van der Waals surface area contributed by atoms with Gasteiger partial charge in [0.25, 0.3) is 0 Å². The van der Waals surface area contributed by atoms with Gasteiger partial charge in [-0.25, -0.2) is 13.2 Å². The molecule has 0 aliphatic heterocycles. The molecule has 0 spiro atoms. The maximum Gasteiger partial charge on any atom is 0.133 e. The molecular weight excluding hydrogens is 333 g/mol. The number of hydrogen-bond donors (Lipinski definition) is 0. The van der Waals surface area contributed by atoms with Gasteiger partial charge in [-0.15, -0.1) is 0 Å². The van der Waals surface area contributed by atoms with E-state index in [4.69, 9.17) is 4.74 Å². The van der Waals surface area contributed by atoms with Crippen LogP contribution >= 0.6 is 15.9 Å². The van der Waals surface area contributed by atoms with Gasteiger partial charge >= 0.3 is 0 Å². The van der Waals surface area contributed by atoms with E-state index in [1.54, 1.807) is 25.3 Å². The van der Waals surface area contributed by atoms with Crippen molar-refractivity contribution in [3.05, 3.63) is 64.5 Å². The maximum absolute atomic E-state index is 13.8. The highest BCUT2D eigenvalue weighted by atomic mass is 79.9. The Morgan fingerprint density at radius 2 is 1.65 bits per heavy atom. The van der Waals surface area contributed by atoms with Crippen molar-refractivity contribution in [2.75, 3.05) is 7.11 Å². The molecule has 2 aromatic rings. The summed E-state index contributed by atoms with van der Waals surface area (Å²) in [5.41, 5.74) is 1.30. The zero-order chi connectivity index (χ0) is 14.9. The predicted molar refractivity (Wildman–Crippen MR) is 74.8 cm³/mol. The highest BCUT2D eigenvalue weighted by molar-refractivity contribution is 9.09. The van der Waals surface area contributed by atoms with E-state index < -0.39 is 22.3 Å². The molecule has 0 aliphatic carbocycles. The highest BCUT2D eigenvalue weighted by Crippen LogP contribution is 2.37. The Balaban J connectivity index is 2.49. The summed E-state index contributed by atoms with van der Waals surface area (Å²) in [4.78, 5) is -0.700. The van der Waals surface area contributed by atoms with Crippen LogP contribution in [0.15, 0.2) is 30.3 Å². The molecule has 0 heterocycles. The second-order valence-corrected chi connectivity index (χ2v) is 5.28. The lowest BCUT2D eigenvalue weighted by molar-refractivity contribution is 0.414. The van der Waals surface area contributed by atoms with Gasteiger partial charge in [0.2, 0.25) is 0 Å². The minimum Gasteiger partial charge on any atom is -0.497 e. The van der Waals surface area contributed by atoms with E-state index >= 15 is 0 Å². The number of aryl methyl sites for hydroxylation is 1. The number of alkyl halides is 1. The van der Waals surface area contributed by atoms with Crippen molar-refractivity contribution >= 4 is 15.9 Å². The van der Waals surface area contributed by atoms with Crippen molar-refractivity contribution in [2.45, 2.75) is 11.8 Å². The topological polar surface area (TPSA) is 9.23 Å². The third-order valence-electron chi connectivity index (χ3n) is 3.05. The molecule has 0 amide bonds. The monoisotopic (exact) mass is 344 g/mol. The Labute approximate surface area is 123 Å². The smallest absolute Gasteiger partial charge is 0.133 e. The number of rotatable bonds is 3. The van der Waals surface area contributed by atoms with Crippen LogP contribution < -0.4 is 4.74 Å². The minimum absolute atomic E-state index is 0.209. The summed E-state index contributed by atoms with van der Waals surface area (Å²) in [7, 11) is 1.54. The summed E-state index contributed by atoms with van der Waals surface area (Å²) in [5, 5.41) is 0. The minimum atomic E-state index is -0.935. The van der Waals surface area contributed by atoms with Gasteiger partial charge in [-0.3, -0.25) is 0 Å². The van der Waals surface area contributed by atoms with Crippen LogP contribution in [0.25, 0.3) is 0 Å². The first kappa shape index (κ1) is 14.9. The number of methoxy groups -OCH3 is 1. The Bertz CT molecular complexity index is 620. The van der Waals surface area contributed by atoms with E-state index in [0.717, 1.165) is 5.56 Å². The van der Waals surface area contributed by atoms with Crippen LogP contribution in [-0.2, 0) is 0 Å². The quantitative estimate of drug-likeness (QED) is 0.719. The first-order valence-electron chi connectivity index (χ1n) is 5.87. The van der Waals surface area contributed by atoms with Crippen LogP contribution in [-0.4, -0.2) is 7.11 Å². The Morgan fingerprint density at radius 1 is 1.05 bits per heavy atom. The van der Waals surface area contributed by atoms with Crippen molar-refractivity contribution in [2.24, 2.45) is 0 Å². The average molecular weight is 345 g/mol. The summed E-state index contributed by atoms with van der Waals surface area (Å²) in [6.07, 6.45) is 0. The third kappa shape index (κ3) is 2.82. The predicted octanol–water partition coefficient (Wildman–Crippen LogP) is 4.91. The lowest BCUT2D eigenvalue weighted by atomic mass is 9.99. The molecule has 0 fully saturated rings. The lowest BCUT2D eigenvalue weighted by Gasteiger charge is -2.16. The van der Waals surface area contributed by atoms with Crippen molar-refractivity contribution in [3.63, 3.8) is 0 Å². The van der Waals surface area contributed by atoms with Crippen LogP contribution in [0.5, 0.6) is 5.75 Å². The van der Waals surface area contributed by atoms with Crippen molar-refractivity contribution in [3.8, 4) is 5.75 Å². The largest absolute Gasteiger partial charge is 0.497 e. The van der Waals surface area contributed by atoms with Crippen molar-refractivity contribution < 1.29 is 17.9 Å². The fourth-order valence-electron chi connectivity index (χ4n) is 2.01. The molecule has 106 valence electrons. The SMILES string of the molecule is COc1ccc(C(Br)c2c(F)cc(F)cc2F)c(C)c1. The molecule has 0 aromatic heterocycles. The van der Waals surface area contributed by atoms with Gasteiger partial charge in [-0.1, -0.05) is 22.0 Å². The van der Waals surface area contributed by atoms with E-state index in [9.17, 15) is 13.2 Å². The maximum atomic E-state index is 13.8. The van der Waals surface area contributed by atoms with E-state index in [-0.39, 0.29) is 5.56 Å². The molecule has 0 saturated carbocycles. The zero-order valence-corrected chi connectivity index (χ0v) is 12.5. The second kappa shape index (κ2) is 5.87. The molecule has 1 nitrogen and oxygen atoms in total. The van der Waals surface area contributed by atoms with E-state index in [1.807, 2.05) is 6.92 Å². The highest BCUT2D eigenvalue weighted by Gasteiger charge is 2.22. The van der Waals surface area contributed by atoms with E-state index in [0.29, 0.717) is 23.4 Å². The summed E-state index contributed by atoms with van der Waals surface area (Å²) in [6, 6.07) is 6.53. The molecular formula is C15H12BrF3O. The third-order valence-corrected chi connectivity index (χ3v) is 4.00. The summed E-state index contributed by atoms with van der Waals surface area (Å²) in [5.74, 6) is -2.11. The van der Waals surface area contributed by atoms with Gasteiger partial charge in [-0.05, 0) is 30.2 Å². The first-order valence-corrected chi connectivity index (χ1v) is 6.78. The summed E-state index contributed by atoms with van der Waals surface area (Å²) >= 11 is 3.27. The standard InChI is InChI=1S/C15H12BrF3O/c1-8-5-10(20-2)3-4-11(8)15(16)14-12(18)6-9(17)7-13(14)19/h3-7,15H,1-2H3. The van der Waals surface area contributed by atoms with E-state index in [2.05, 4.69) is 15.9 Å². The molecule has 0 radical (unpaired) electrons. The molecule has 5 heteroatoms. The number of hydrogen-bond acceptors (Lipinski definition) is 1. The number of ether oxygens (including phenoxy) is 1. The van der Waals surface area contributed by atoms with Crippen LogP contribution in [0.3, 0.4) is 0 Å². The molecule has 2 aromatic carbocycles. The summed E-state index contributed by atoms with van der Waals surface area (Å²) in [6.45, 7) is 1.81. The fourth-order valence-corrected chi connectivity index (χ4v) is 2.96. The molecule has 0 N–H and O–H groups in total. The van der Waals surface area contributed by atoms with E-state index in [1.165, 1.54) is 0 Å². The normalized spacial score (nSPS) is 12.3. The van der Waals surface area contributed by atoms with Crippen LogP contribution in [0.1, 0.15) is 21.5 Å². The van der Waals surface area contributed by atoms with Gasteiger partial charge < -0.3 is 4.74 Å². The molecule has 20 heavy (non-hydrogen) atoms. The number of halogens is 4. The van der Waals surface area contributed by atoms with Crippen LogP contribution in [0, 0.1) is 24.4 Å². The molecule has 2 rings (SSSR count). The Hall–Kier alpha value is -1.49. The van der Waals surface area contributed by atoms with Crippen molar-refractivity contribution in [1.29, 1.82) is 0 Å². The van der Waals surface area contributed by atoms with Crippen LogP contribution in [0.4, 0.5) is 13.2 Å². The van der Waals surface area contributed by atoms with Gasteiger partial charge in [0.05, 0.1) is 11.9 Å². The Morgan fingerprint density at radius 3 is 2.15 bits per heavy atom. The molecule has 1 atom stereocenters. The average Bonchev–Trinajstić information content (AvgIpc) is 2.37. The lowest BCUT2D eigenvalue weighted by Crippen LogP contribution is -2.03. The van der Waals surface area contributed by atoms with Gasteiger partial charge in [0.15, 0.2) is 0 Å². The molecule has 0 saturated heterocycles.